The second-order valence-electron chi connectivity index (χ2n) is 6.31. The summed E-state index contributed by atoms with van der Waals surface area (Å²) in [6, 6.07) is 17.8. The van der Waals surface area contributed by atoms with Crippen molar-refractivity contribution in [1.82, 2.24) is 10.6 Å². The Morgan fingerprint density at radius 2 is 1.75 bits per heavy atom. The normalized spacial score (nSPS) is 12.7. The average Bonchev–Trinajstić information content (AvgIpc) is 3.26. The first-order valence-corrected chi connectivity index (χ1v) is 8.99. The molecule has 2 atom stereocenters. The van der Waals surface area contributed by atoms with Gasteiger partial charge in [-0.1, -0.05) is 30.3 Å². The quantitative estimate of drug-likeness (QED) is 0.635. The summed E-state index contributed by atoms with van der Waals surface area (Å²) in [6.07, 6.45) is 1.59. The molecule has 6 nitrogen and oxygen atoms in total. The zero-order valence-electron chi connectivity index (χ0n) is 16.1. The Hall–Kier alpha value is -3.41. The Bertz CT molecular complexity index is 894. The van der Waals surface area contributed by atoms with Crippen LogP contribution in [0.5, 0.6) is 11.5 Å². The van der Waals surface area contributed by atoms with E-state index in [9.17, 15) is 4.79 Å². The number of hydrogen-bond donors (Lipinski definition) is 2. The molecule has 0 spiro atoms. The van der Waals surface area contributed by atoms with Crippen LogP contribution in [-0.2, 0) is 0 Å². The van der Waals surface area contributed by atoms with Crippen LogP contribution in [0.1, 0.15) is 35.9 Å². The first-order valence-electron chi connectivity index (χ1n) is 8.99. The third-order valence-corrected chi connectivity index (χ3v) is 4.49. The molecule has 6 heteroatoms. The number of ether oxygens (including phenoxy) is 2. The van der Waals surface area contributed by atoms with Gasteiger partial charge in [0.05, 0.1) is 26.5 Å². The van der Waals surface area contributed by atoms with E-state index in [1.165, 1.54) is 0 Å². The summed E-state index contributed by atoms with van der Waals surface area (Å²) in [5, 5.41) is 5.94. The van der Waals surface area contributed by atoms with Crippen LogP contribution < -0.4 is 20.1 Å². The minimum Gasteiger partial charge on any atom is -0.497 e. The van der Waals surface area contributed by atoms with E-state index in [2.05, 4.69) is 10.6 Å². The number of benzene rings is 2. The maximum atomic E-state index is 12.7. The predicted octanol–water partition coefficient (Wildman–Crippen LogP) is 4.45. The topological polar surface area (TPSA) is 72.7 Å². The van der Waals surface area contributed by atoms with Gasteiger partial charge in [-0.15, -0.1) is 0 Å². The van der Waals surface area contributed by atoms with Gasteiger partial charge < -0.3 is 24.5 Å². The van der Waals surface area contributed by atoms with Crippen LogP contribution in [0.2, 0.25) is 0 Å². The highest BCUT2D eigenvalue weighted by atomic mass is 16.5. The fraction of sp³-hybridized carbons (Fsp3) is 0.227. The second-order valence-corrected chi connectivity index (χ2v) is 6.31. The largest absolute Gasteiger partial charge is 0.497 e. The van der Waals surface area contributed by atoms with E-state index in [1.807, 2.05) is 61.5 Å². The molecular formula is C22H24N2O4. The van der Waals surface area contributed by atoms with Crippen LogP contribution >= 0.6 is 0 Å². The summed E-state index contributed by atoms with van der Waals surface area (Å²) in [4.78, 5) is 12.7. The number of methoxy groups -OCH3 is 2. The standard InChI is InChI=1S/C22H24N2O4/c1-15(18-14-17(26-2)11-12-19(18)27-3)23-22(25)24-21(20-10-7-13-28-20)16-8-5-4-6-9-16/h4-15,21H,1-3H3,(H2,23,24,25). The zero-order chi connectivity index (χ0) is 19.9. The molecule has 0 radical (unpaired) electrons. The number of furan rings is 1. The summed E-state index contributed by atoms with van der Waals surface area (Å²) in [5.74, 6) is 2.04. The van der Waals surface area contributed by atoms with Crippen molar-refractivity contribution >= 4 is 6.03 Å². The van der Waals surface area contributed by atoms with Crippen molar-refractivity contribution in [2.75, 3.05) is 14.2 Å². The van der Waals surface area contributed by atoms with Crippen LogP contribution in [0.4, 0.5) is 4.79 Å². The Labute approximate surface area is 164 Å². The lowest BCUT2D eigenvalue weighted by molar-refractivity contribution is 0.234. The van der Waals surface area contributed by atoms with Gasteiger partial charge in [-0.2, -0.15) is 0 Å². The molecule has 0 aliphatic heterocycles. The summed E-state index contributed by atoms with van der Waals surface area (Å²) in [5.41, 5.74) is 1.76. The molecule has 0 bridgehead atoms. The van der Waals surface area contributed by atoms with Crippen molar-refractivity contribution in [1.29, 1.82) is 0 Å². The lowest BCUT2D eigenvalue weighted by Crippen LogP contribution is -2.39. The minimum atomic E-state index is -0.393. The molecule has 0 saturated heterocycles. The number of hydrogen-bond acceptors (Lipinski definition) is 4. The molecule has 0 saturated carbocycles. The van der Waals surface area contributed by atoms with Gasteiger partial charge in [0, 0.05) is 5.56 Å². The van der Waals surface area contributed by atoms with E-state index < -0.39 is 6.04 Å². The third kappa shape index (κ3) is 4.46. The Kier molecular flexibility index (Phi) is 6.22. The third-order valence-electron chi connectivity index (χ3n) is 4.49. The molecule has 3 aromatic rings. The van der Waals surface area contributed by atoms with Crippen LogP contribution in [-0.4, -0.2) is 20.3 Å². The number of amides is 2. The molecule has 146 valence electrons. The first-order chi connectivity index (χ1) is 13.6. The van der Waals surface area contributed by atoms with Gasteiger partial charge in [-0.3, -0.25) is 0 Å². The molecule has 28 heavy (non-hydrogen) atoms. The summed E-state index contributed by atoms with van der Waals surface area (Å²) in [7, 11) is 3.20. The minimum absolute atomic E-state index is 0.293. The van der Waals surface area contributed by atoms with Crippen LogP contribution in [0.25, 0.3) is 0 Å². The highest BCUT2D eigenvalue weighted by molar-refractivity contribution is 5.75. The predicted molar refractivity (Wildman–Crippen MR) is 107 cm³/mol. The SMILES string of the molecule is COc1ccc(OC)c(C(C)NC(=O)NC(c2ccccc2)c2ccco2)c1. The molecule has 0 fully saturated rings. The monoisotopic (exact) mass is 380 g/mol. The molecule has 0 aliphatic rings. The number of urea groups is 1. The van der Waals surface area contributed by atoms with Crippen molar-refractivity contribution in [2.45, 2.75) is 19.0 Å². The van der Waals surface area contributed by atoms with E-state index in [0.29, 0.717) is 17.3 Å². The van der Waals surface area contributed by atoms with E-state index in [-0.39, 0.29) is 12.1 Å². The molecule has 0 aliphatic carbocycles. The van der Waals surface area contributed by atoms with E-state index in [0.717, 1.165) is 11.1 Å². The van der Waals surface area contributed by atoms with Crippen LogP contribution in [0.3, 0.4) is 0 Å². The van der Waals surface area contributed by atoms with Gasteiger partial charge in [0.2, 0.25) is 0 Å². The van der Waals surface area contributed by atoms with Crippen LogP contribution in [0, 0.1) is 0 Å². The van der Waals surface area contributed by atoms with Crippen molar-refractivity contribution in [3.05, 3.63) is 83.8 Å². The lowest BCUT2D eigenvalue weighted by atomic mass is 10.0. The summed E-state index contributed by atoms with van der Waals surface area (Å²) in [6.45, 7) is 1.89. The molecule has 2 aromatic carbocycles. The second kappa shape index (κ2) is 8.99. The summed E-state index contributed by atoms with van der Waals surface area (Å²) >= 11 is 0. The van der Waals surface area contributed by atoms with E-state index in [4.69, 9.17) is 13.9 Å². The Balaban J connectivity index is 1.76. The zero-order valence-corrected chi connectivity index (χ0v) is 16.1. The number of carbonyl (C=O) groups excluding carboxylic acids is 1. The number of rotatable bonds is 7. The lowest BCUT2D eigenvalue weighted by Gasteiger charge is -2.21. The smallest absolute Gasteiger partial charge is 0.316 e. The van der Waals surface area contributed by atoms with Gasteiger partial charge in [-0.25, -0.2) is 4.79 Å². The number of carbonyl (C=O) groups is 1. The van der Waals surface area contributed by atoms with E-state index >= 15 is 0 Å². The van der Waals surface area contributed by atoms with Crippen molar-refractivity contribution in [3.8, 4) is 11.5 Å². The molecule has 2 unspecified atom stereocenters. The summed E-state index contributed by atoms with van der Waals surface area (Å²) < 4.78 is 16.2. The van der Waals surface area contributed by atoms with Gasteiger partial charge in [0.25, 0.3) is 0 Å². The molecular weight excluding hydrogens is 356 g/mol. The molecule has 2 N–H and O–H groups in total. The fourth-order valence-electron chi connectivity index (χ4n) is 3.04. The Morgan fingerprint density at radius 3 is 2.39 bits per heavy atom. The van der Waals surface area contributed by atoms with Crippen LogP contribution in [0.15, 0.2) is 71.3 Å². The molecule has 1 heterocycles. The highest BCUT2D eigenvalue weighted by Gasteiger charge is 2.21. The number of nitrogens with one attached hydrogen (secondary N) is 2. The van der Waals surface area contributed by atoms with Gasteiger partial charge in [0.1, 0.15) is 23.3 Å². The fourth-order valence-corrected chi connectivity index (χ4v) is 3.04. The maximum Gasteiger partial charge on any atom is 0.316 e. The van der Waals surface area contributed by atoms with E-state index in [1.54, 1.807) is 26.5 Å². The van der Waals surface area contributed by atoms with Gasteiger partial charge >= 0.3 is 6.03 Å². The van der Waals surface area contributed by atoms with Gasteiger partial charge in [0.15, 0.2) is 0 Å². The average molecular weight is 380 g/mol. The Morgan fingerprint density at radius 1 is 0.964 bits per heavy atom. The van der Waals surface area contributed by atoms with Crippen molar-refractivity contribution < 1.29 is 18.7 Å². The van der Waals surface area contributed by atoms with Gasteiger partial charge in [-0.05, 0) is 42.8 Å². The van der Waals surface area contributed by atoms with Crippen molar-refractivity contribution in [3.63, 3.8) is 0 Å². The maximum absolute atomic E-state index is 12.7. The highest BCUT2D eigenvalue weighted by Crippen LogP contribution is 2.29. The molecule has 1 aromatic heterocycles. The van der Waals surface area contributed by atoms with Crippen molar-refractivity contribution in [2.24, 2.45) is 0 Å². The molecule has 2 amide bonds. The first kappa shape index (κ1) is 19.4. The molecule has 3 rings (SSSR count).